The molecule has 0 heterocycles. The molecule has 0 rings (SSSR count). The van der Waals surface area contributed by atoms with Crippen LogP contribution in [0.1, 0.15) is 0 Å². The van der Waals surface area contributed by atoms with Gasteiger partial charge in [-0.1, -0.05) is 0 Å². The van der Waals surface area contributed by atoms with E-state index in [4.69, 9.17) is 23.3 Å². The van der Waals surface area contributed by atoms with Crippen molar-refractivity contribution in [2.24, 2.45) is 0 Å². The summed E-state index contributed by atoms with van der Waals surface area (Å²) in [4.78, 5) is 0. The number of rotatable bonds is 0. The Morgan fingerprint density at radius 1 is 0.533 bits per heavy atom. The summed E-state index contributed by atoms with van der Waals surface area (Å²) in [5.74, 6) is 0. The van der Waals surface area contributed by atoms with E-state index in [9.17, 15) is 12.6 Å². The van der Waals surface area contributed by atoms with Crippen molar-refractivity contribution in [1.29, 1.82) is 0 Å². The van der Waals surface area contributed by atoms with E-state index in [-0.39, 0.29) is 17.4 Å². The van der Waals surface area contributed by atoms with Gasteiger partial charge >= 0.3 is 65.4 Å². The number of hydrogen-bond donors (Lipinski definition) is 0. The van der Waals surface area contributed by atoms with Crippen molar-refractivity contribution in [1.82, 2.24) is 0 Å². The van der Waals surface area contributed by atoms with Gasteiger partial charge in [-0.2, -0.15) is 0 Å². The molecular weight excluding hydrogens is 280 g/mol. The van der Waals surface area contributed by atoms with Gasteiger partial charge in [0.2, 0.25) is 0 Å². The zero-order valence-corrected chi connectivity index (χ0v) is 8.86. The summed E-state index contributed by atoms with van der Waals surface area (Å²) in [6.07, 6.45) is 0. The van der Waals surface area contributed by atoms with Crippen LogP contribution in [0.25, 0.3) is 0 Å². The van der Waals surface area contributed by atoms with Crippen molar-refractivity contribution >= 4 is 8.85 Å². The van der Waals surface area contributed by atoms with Crippen molar-refractivity contribution in [2.75, 3.05) is 0 Å². The maximum atomic E-state index is 9.77. The Bertz CT molecular complexity index is 117. The van der Waals surface area contributed by atoms with Crippen LogP contribution < -0.4 is 0 Å². The smallest absolute Gasteiger partial charge is 0 e. The van der Waals surface area contributed by atoms with Crippen molar-refractivity contribution in [3.05, 3.63) is 33.3 Å². The fourth-order valence-corrected chi connectivity index (χ4v) is 0. The zero-order chi connectivity index (χ0) is 13.6. The average molecular weight is 281 g/mol. The molecule has 0 aromatic rings. The Balaban J connectivity index is -0.0000000105. The van der Waals surface area contributed by atoms with E-state index < -0.39 is 8.85 Å². The van der Waals surface area contributed by atoms with E-state index in [0.29, 0.717) is 0 Å². The molecule has 0 aliphatic heterocycles. The molecule has 10 heteroatoms. The third-order valence-corrected chi connectivity index (χ3v) is 0. The second kappa shape index (κ2) is 347. The summed E-state index contributed by atoms with van der Waals surface area (Å²) in [5.41, 5.74) is 0. The van der Waals surface area contributed by atoms with Crippen LogP contribution in [0.3, 0.4) is 0 Å². The van der Waals surface area contributed by atoms with Crippen molar-refractivity contribution in [3.63, 3.8) is 0 Å². The summed E-state index contributed by atoms with van der Waals surface area (Å²) in [7, 11) is -4.38. The summed E-state index contributed by atoms with van der Waals surface area (Å²) in [5, 5.41) is 0. The molecule has 0 unspecified atom stereocenters. The Morgan fingerprint density at radius 2 is 0.533 bits per heavy atom. The van der Waals surface area contributed by atoms with Crippen LogP contribution in [0, 0.1) is 33.3 Å². The Hall–Kier alpha value is -0.548. The second-order valence-electron chi connectivity index (χ2n) is 0.214. The minimum absolute atomic E-state index is 0. The maximum absolute atomic E-state index is 9.77. The molecule has 0 aromatic heterocycles. The van der Waals surface area contributed by atoms with Gasteiger partial charge in [-0.15, -0.1) is 0 Å². The van der Waals surface area contributed by atoms with Gasteiger partial charge in [-0.3, -0.25) is 0 Å². The SMILES string of the molecule is F[PH+](F)F.[C-]#[O+].[C-]#[O+].[C-]#[O+].[C-]#[O+].[C-]#[O+].[Cr]. The fourth-order valence-electron chi connectivity index (χ4n) is 0. The molecule has 0 aromatic carbocycles. The molecule has 0 saturated heterocycles. The Morgan fingerprint density at radius 3 is 0.533 bits per heavy atom. The predicted octanol–water partition coefficient (Wildman–Crippen LogP) is 1.66. The summed E-state index contributed by atoms with van der Waals surface area (Å²) >= 11 is 0. The third-order valence-electron chi connectivity index (χ3n) is 0. The van der Waals surface area contributed by atoms with Gasteiger partial charge in [-0.25, -0.2) is 0 Å². The minimum atomic E-state index is -4.38. The molecule has 0 radical (unpaired) electrons. The van der Waals surface area contributed by atoms with E-state index in [1.54, 1.807) is 0 Å². The first kappa shape index (κ1) is 47.1. The van der Waals surface area contributed by atoms with Crippen molar-refractivity contribution < 1.29 is 53.2 Å². The van der Waals surface area contributed by atoms with Crippen LogP contribution in [0.4, 0.5) is 12.6 Å². The number of halogens is 3. The molecule has 0 aliphatic rings. The summed E-state index contributed by atoms with van der Waals surface area (Å²) in [6.45, 7) is 22.5. The molecule has 0 amide bonds. The fraction of sp³-hybridized carbons (Fsp3) is 0. The van der Waals surface area contributed by atoms with Crippen molar-refractivity contribution in [3.8, 4) is 0 Å². The van der Waals surface area contributed by atoms with E-state index >= 15 is 0 Å². The molecule has 5 nitrogen and oxygen atoms in total. The van der Waals surface area contributed by atoms with Gasteiger partial charge < -0.3 is 0 Å². The molecule has 0 saturated carbocycles. The van der Waals surface area contributed by atoms with Crippen molar-refractivity contribution in [2.45, 2.75) is 0 Å². The van der Waals surface area contributed by atoms with Gasteiger partial charge in [0.25, 0.3) is 0 Å². The zero-order valence-electron chi connectivity index (χ0n) is 6.58. The summed E-state index contributed by atoms with van der Waals surface area (Å²) in [6, 6.07) is 0. The normalized spacial score (nSPS) is 3.07. The van der Waals surface area contributed by atoms with Gasteiger partial charge in [-0.05, 0) is 0 Å². The number of hydrogen-bond acceptors (Lipinski definition) is 0. The molecule has 0 N–H and O–H groups in total. The average Bonchev–Trinajstić information content (AvgIpc) is 2.30. The van der Waals surface area contributed by atoms with E-state index in [1.807, 2.05) is 0 Å². The topological polar surface area (TPSA) is 99.5 Å². The quantitative estimate of drug-likeness (QED) is 0.366. The first-order valence-corrected chi connectivity index (χ1v) is 2.72. The van der Waals surface area contributed by atoms with Crippen LogP contribution >= 0.6 is 8.85 Å². The van der Waals surface area contributed by atoms with Crippen LogP contribution in [-0.2, 0) is 40.6 Å². The molecule has 0 aliphatic carbocycles. The Labute approximate surface area is 95.9 Å². The van der Waals surface area contributed by atoms with Crippen LogP contribution in [0.15, 0.2) is 0 Å². The van der Waals surface area contributed by atoms with Crippen LogP contribution in [0.5, 0.6) is 0 Å². The molecule has 0 spiro atoms. The van der Waals surface area contributed by atoms with Gasteiger partial charge in [0.15, 0.2) is 0 Å². The largest absolute Gasteiger partial charge is 0 e. The molecule has 82 valence electrons. The molecule has 15 heavy (non-hydrogen) atoms. The standard InChI is InChI=1S/5CO.Cr.F3HP/c5*1-2;;1-4(2)3/h;;;;;;4H/q;;;;;;+1. The molecule has 0 atom stereocenters. The predicted molar refractivity (Wildman–Crippen MR) is 31.3 cm³/mol. The van der Waals surface area contributed by atoms with E-state index in [2.05, 4.69) is 33.3 Å². The van der Waals surface area contributed by atoms with Crippen LogP contribution in [0.2, 0.25) is 0 Å². The third kappa shape index (κ3) is 5890. The van der Waals surface area contributed by atoms with Gasteiger partial charge in [0, 0.05) is 30.0 Å². The van der Waals surface area contributed by atoms with Crippen LogP contribution in [-0.4, -0.2) is 0 Å². The maximum Gasteiger partial charge on any atom is 0 e. The molecule has 0 fully saturated rings. The second-order valence-corrected chi connectivity index (χ2v) is 0.643. The first-order chi connectivity index (χ1) is 6.73. The minimum Gasteiger partial charge on any atom is 0 e. The molecule has 0 bridgehead atoms. The van der Waals surface area contributed by atoms with Gasteiger partial charge in [0.05, 0.1) is 0 Å². The van der Waals surface area contributed by atoms with Gasteiger partial charge in [0.1, 0.15) is 0 Å². The molecular formula is C5HCrF3O5P+. The monoisotopic (exact) mass is 281 g/mol. The van der Waals surface area contributed by atoms with E-state index in [0.717, 1.165) is 0 Å². The first-order valence-electron chi connectivity index (χ1n) is 1.59. The Kier molecular flexibility index (Phi) is 1090. The van der Waals surface area contributed by atoms with E-state index in [1.165, 1.54) is 0 Å². The summed E-state index contributed by atoms with van der Waals surface area (Å²) < 4.78 is 66.8.